The summed E-state index contributed by atoms with van der Waals surface area (Å²) in [6.45, 7) is -0.425. The van der Waals surface area contributed by atoms with Crippen LogP contribution < -0.4 is 21.2 Å². The average molecular weight is 599 g/mol. The molecule has 3 rings (SSSR count). The Kier molecular flexibility index (Phi) is 9.76. The molecule has 10 atom stereocenters. The van der Waals surface area contributed by atoms with Gasteiger partial charge in [0.15, 0.2) is 12.0 Å². The van der Waals surface area contributed by atoms with E-state index in [9.17, 15) is 49.0 Å². The summed E-state index contributed by atoms with van der Waals surface area (Å²) in [6.07, 6.45) is -8.17. The number of nitrogens with zero attached hydrogens (tertiary/aromatic N) is 2. The summed E-state index contributed by atoms with van der Waals surface area (Å²) in [4.78, 5) is 49.4. The molecule has 18 nitrogen and oxygen atoms in total. The Hall–Kier alpha value is -2.18. The van der Waals surface area contributed by atoms with Crippen molar-refractivity contribution in [3.8, 4) is 0 Å². The Bertz CT molecular complexity index is 1250. The van der Waals surface area contributed by atoms with Gasteiger partial charge in [-0.15, -0.1) is 0 Å². The lowest BCUT2D eigenvalue weighted by Crippen LogP contribution is -2.45. The van der Waals surface area contributed by atoms with Crippen LogP contribution in [0, 0.1) is 5.92 Å². The van der Waals surface area contributed by atoms with Gasteiger partial charge in [-0.05, 0) is 12.1 Å². The second kappa shape index (κ2) is 12.1. The minimum atomic E-state index is -5.77. The summed E-state index contributed by atoms with van der Waals surface area (Å²) < 4.78 is 44.8. The van der Waals surface area contributed by atoms with Crippen molar-refractivity contribution in [2.45, 2.75) is 49.8 Å². The van der Waals surface area contributed by atoms with E-state index in [-0.39, 0.29) is 5.82 Å². The molecule has 0 radical (unpaired) electrons. The van der Waals surface area contributed by atoms with E-state index >= 15 is 0 Å². The van der Waals surface area contributed by atoms with Crippen LogP contribution in [0.2, 0.25) is 0 Å². The number of phosphoric acid groups is 1. The highest BCUT2D eigenvalue weighted by Crippen LogP contribution is 2.54. The Labute approximate surface area is 219 Å². The molecule has 4 unspecified atom stereocenters. The number of hydrogen-bond acceptors (Lipinski definition) is 16. The summed E-state index contributed by atoms with van der Waals surface area (Å²) in [5.74, 6) is -1.67. The molecule has 0 aromatic carbocycles. The SMILES string of the molecule is C[C@@H]1C=C/C(=C(\OP(=O)([O-])OC[C@H]2O[C@@H](n3ccc(N)nc3=O)C(O)[C@H]2O)P(=O)([O-])O)OC1[C@H](O)[C@H](O)CO. The summed E-state index contributed by atoms with van der Waals surface area (Å²) in [6, 6.07) is 1.20. The highest BCUT2D eigenvalue weighted by molar-refractivity contribution is 7.56. The van der Waals surface area contributed by atoms with Crippen LogP contribution in [0.1, 0.15) is 13.2 Å². The van der Waals surface area contributed by atoms with Crippen molar-refractivity contribution in [3.05, 3.63) is 46.2 Å². The first kappa shape index (κ1) is 31.3. The lowest BCUT2D eigenvalue weighted by Gasteiger charge is -2.35. The zero-order valence-corrected chi connectivity index (χ0v) is 21.9. The van der Waals surface area contributed by atoms with Crippen LogP contribution in [0.3, 0.4) is 0 Å². The molecule has 1 saturated heterocycles. The monoisotopic (exact) mass is 599 g/mol. The highest BCUT2D eigenvalue weighted by Gasteiger charge is 2.45. The van der Waals surface area contributed by atoms with Crippen LogP contribution >= 0.6 is 15.4 Å². The first-order valence-electron chi connectivity index (χ1n) is 11.2. The first-order valence-corrected chi connectivity index (χ1v) is 14.2. The van der Waals surface area contributed by atoms with Crippen molar-refractivity contribution in [2.75, 3.05) is 18.9 Å². The molecule has 1 aromatic heterocycles. The van der Waals surface area contributed by atoms with Crippen molar-refractivity contribution in [1.29, 1.82) is 0 Å². The molecule has 39 heavy (non-hydrogen) atoms. The van der Waals surface area contributed by atoms with Crippen molar-refractivity contribution in [1.82, 2.24) is 9.55 Å². The van der Waals surface area contributed by atoms with Gasteiger partial charge in [0.1, 0.15) is 42.4 Å². The number of allylic oxidation sites excluding steroid dienone is 1. The van der Waals surface area contributed by atoms with Gasteiger partial charge >= 0.3 is 13.5 Å². The van der Waals surface area contributed by atoms with Crippen molar-refractivity contribution in [3.63, 3.8) is 0 Å². The number of aliphatic hydroxyl groups excluding tert-OH is 5. The molecule has 0 saturated carbocycles. The molecule has 3 heterocycles. The molecular weight excluding hydrogens is 572 g/mol. The van der Waals surface area contributed by atoms with Gasteiger partial charge in [0.05, 0.1) is 13.2 Å². The van der Waals surface area contributed by atoms with Crippen LogP contribution in [-0.2, 0) is 27.7 Å². The fourth-order valence-corrected chi connectivity index (χ4v) is 5.52. The van der Waals surface area contributed by atoms with E-state index in [0.29, 0.717) is 0 Å². The van der Waals surface area contributed by atoms with E-state index in [4.69, 9.17) is 20.3 Å². The number of nitrogens with two attached hydrogens (primary N) is 1. The highest BCUT2D eigenvalue weighted by atomic mass is 31.2. The van der Waals surface area contributed by atoms with E-state index in [1.807, 2.05) is 0 Å². The normalized spacial score (nSPS) is 32.9. The van der Waals surface area contributed by atoms with Gasteiger partial charge in [0.2, 0.25) is 13.1 Å². The molecule has 0 amide bonds. The van der Waals surface area contributed by atoms with Gasteiger partial charge in [-0.3, -0.25) is 9.13 Å². The smallest absolute Gasteiger partial charge is 0.351 e. The quantitative estimate of drug-likeness (QED) is 0.0994. The molecule has 1 fully saturated rings. The molecule has 220 valence electrons. The molecular formula is C19H27N3O15P2-2. The number of phosphoric ester groups is 1. The van der Waals surface area contributed by atoms with Crippen molar-refractivity contribution in [2.24, 2.45) is 5.92 Å². The van der Waals surface area contributed by atoms with Crippen molar-refractivity contribution >= 4 is 21.2 Å². The third kappa shape index (κ3) is 7.32. The maximum absolute atomic E-state index is 12.4. The molecule has 0 aliphatic carbocycles. The maximum atomic E-state index is 12.4. The zero-order valence-electron chi connectivity index (χ0n) is 20.1. The second-order valence-corrected chi connectivity index (χ2v) is 11.4. The lowest BCUT2D eigenvalue weighted by molar-refractivity contribution is -0.228. The van der Waals surface area contributed by atoms with Gasteiger partial charge in [0.25, 0.3) is 0 Å². The number of ether oxygens (including phenoxy) is 2. The fourth-order valence-electron chi connectivity index (χ4n) is 3.72. The van der Waals surface area contributed by atoms with Crippen LogP contribution in [0.4, 0.5) is 5.82 Å². The lowest BCUT2D eigenvalue weighted by atomic mass is 9.94. The molecule has 0 spiro atoms. The van der Waals surface area contributed by atoms with E-state index < -0.39 is 94.4 Å². The van der Waals surface area contributed by atoms with Crippen LogP contribution in [0.5, 0.6) is 0 Å². The summed E-state index contributed by atoms with van der Waals surface area (Å²) in [5, 5.41) is 49.4. The number of aliphatic hydroxyl groups is 5. The van der Waals surface area contributed by atoms with E-state index in [0.717, 1.165) is 16.8 Å². The minimum absolute atomic E-state index is 0.130. The standard InChI is InChI=1S/C19H29N3O15P2/c1-8-2-3-10(35-16(8)13(25)9(24)6-23)18(38(29,30)31)37-39(32,33)34-7-11-14(26)15(27)17(36-11)22-5-4-12(20)21-19(22)28/h2-5,8-9,11,13-17,23-27H,6-7H2,1H3,(H,32,33)(H2,20,21,28)(H2,29,30,31)/p-2/b18-10-/t8-,9-,11-,13-,14+,15?,16?,17-/m1/s1. The molecule has 2 aliphatic heterocycles. The van der Waals surface area contributed by atoms with Gasteiger partial charge < -0.3 is 69.0 Å². The predicted octanol–water partition coefficient (Wildman–Crippen LogP) is -4.03. The Morgan fingerprint density at radius 3 is 2.54 bits per heavy atom. The van der Waals surface area contributed by atoms with E-state index in [1.54, 1.807) is 0 Å². The number of aromatic nitrogens is 2. The number of anilines is 1. The maximum Gasteiger partial charge on any atom is 0.351 e. The first-order chi connectivity index (χ1) is 18.1. The molecule has 20 heteroatoms. The molecule has 8 N–H and O–H groups in total. The number of rotatable bonds is 10. The third-order valence-corrected chi connectivity index (χ3v) is 7.62. The van der Waals surface area contributed by atoms with Gasteiger partial charge in [-0.25, -0.2) is 4.79 Å². The van der Waals surface area contributed by atoms with Gasteiger partial charge in [-0.2, -0.15) is 4.98 Å². The molecule has 1 aromatic rings. The molecule has 2 aliphatic rings. The van der Waals surface area contributed by atoms with E-state index in [1.165, 1.54) is 19.1 Å². The second-order valence-electron chi connectivity index (χ2n) is 8.65. The number of hydrogen-bond donors (Lipinski definition) is 7. The Balaban J connectivity index is 1.77. The van der Waals surface area contributed by atoms with Gasteiger partial charge in [-0.1, -0.05) is 13.0 Å². The van der Waals surface area contributed by atoms with Crippen LogP contribution in [0.25, 0.3) is 0 Å². The fraction of sp³-hybridized carbons (Fsp3) is 0.579. The van der Waals surface area contributed by atoms with Crippen molar-refractivity contribution < 1.29 is 67.9 Å². The van der Waals surface area contributed by atoms with Crippen LogP contribution in [0.15, 0.2) is 40.5 Å². The van der Waals surface area contributed by atoms with E-state index in [2.05, 4.69) is 14.0 Å². The predicted molar refractivity (Wildman–Crippen MR) is 123 cm³/mol. The van der Waals surface area contributed by atoms with Gasteiger partial charge in [0, 0.05) is 12.1 Å². The molecule has 0 bridgehead atoms. The Morgan fingerprint density at radius 2 is 1.95 bits per heavy atom. The summed E-state index contributed by atoms with van der Waals surface area (Å²) in [5.41, 5.74) is 2.83. The topological polar surface area (TPSA) is 299 Å². The third-order valence-electron chi connectivity index (χ3n) is 5.78. The zero-order chi connectivity index (χ0) is 29.3. The summed E-state index contributed by atoms with van der Waals surface area (Å²) >= 11 is 0. The minimum Gasteiger partial charge on any atom is -0.773 e. The summed E-state index contributed by atoms with van der Waals surface area (Å²) in [7, 11) is -11.4. The average Bonchev–Trinajstić information content (AvgIpc) is 3.13. The number of nitrogen functional groups attached to an aromatic ring is 1. The largest absolute Gasteiger partial charge is 0.773 e. The van der Waals surface area contributed by atoms with Crippen LogP contribution in [-0.4, -0.2) is 89.8 Å². The Morgan fingerprint density at radius 1 is 1.28 bits per heavy atom.